The Morgan fingerprint density at radius 2 is 1.87 bits per heavy atom. The number of aliphatic carboxylic acids is 1. The standard InChI is InChI=1S/C45H49ClN8O12S/c1-4-45(62)29-15-34-40-27(20-54(34)42(60)28(29)21-66-43(45)61)39-31(11-10-26-24(2)30(46)16-33(53-40)38(26)39)51-36(56)22-65-23-50-41(59)32(12-13-37(57)58)52-35(55)19-47-14-8-6-5-7-9-25-17-48-44(49-18-25)67(3,63)64/h15-18,31-32,47,62H,4-6,8,10-14,19-23H2,1-3H3,(H,50,59)(H,51,56)(H,52,55)(H,57,58)/t31-,32-,45-/m0/s1. The Labute approximate surface area is 389 Å². The Hall–Kier alpha value is -6.31. The number of pyridine rings is 2. The number of unbranched alkanes of at least 4 members (excludes halogenated alkanes) is 2. The summed E-state index contributed by atoms with van der Waals surface area (Å²) in [4.78, 5) is 89.9. The number of amides is 3. The number of sulfone groups is 1. The molecule has 3 amide bonds. The highest BCUT2D eigenvalue weighted by Gasteiger charge is 2.46. The zero-order valence-electron chi connectivity index (χ0n) is 36.9. The predicted octanol–water partition coefficient (Wildman–Crippen LogP) is 1.59. The highest BCUT2D eigenvalue weighted by atomic mass is 35.5. The van der Waals surface area contributed by atoms with Crippen LogP contribution in [-0.2, 0) is 68.5 Å². The number of hydrogen-bond acceptors (Lipinski definition) is 15. The van der Waals surface area contributed by atoms with Crippen molar-refractivity contribution < 1.29 is 52.1 Å². The highest BCUT2D eigenvalue weighted by Crippen LogP contribution is 2.46. The zero-order valence-corrected chi connectivity index (χ0v) is 38.5. The van der Waals surface area contributed by atoms with Crippen LogP contribution in [0.4, 0.5) is 0 Å². The Balaban J connectivity index is 0.932. The third-order valence-electron chi connectivity index (χ3n) is 12.0. The lowest BCUT2D eigenvalue weighted by molar-refractivity contribution is -0.172. The van der Waals surface area contributed by atoms with Crippen molar-refractivity contribution in [3.05, 3.63) is 78.8 Å². The van der Waals surface area contributed by atoms with E-state index in [-0.39, 0.29) is 48.8 Å². The number of esters is 1. The summed E-state index contributed by atoms with van der Waals surface area (Å²) in [5.74, 6) is 2.07. The quantitative estimate of drug-likeness (QED) is 0.0239. The molecule has 3 atom stereocenters. The van der Waals surface area contributed by atoms with Crippen molar-refractivity contribution in [2.45, 2.75) is 101 Å². The van der Waals surface area contributed by atoms with Crippen LogP contribution >= 0.6 is 11.6 Å². The number of carbonyl (C=O) groups excluding carboxylic acids is 4. The van der Waals surface area contributed by atoms with Crippen LogP contribution in [0.25, 0.3) is 22.3 Å². The maximum absolute atomic E-state index is 14.0. The number of halogens is 1. The molecule has 0 bridgehead atoms. The molecule has 67 heavy (non-hydrogen) atoms. The number of carbonyl (C=O) groups is 5. The van der Waals surface area contributed by atoms with E-state index in [4.69, 9.17) is 26.1 Å². The minimum absolute atomic E-state index is 0.0151. The first-order valence-corrected chi connectivity index (χ1v) is 23.9. The van der Waals surface area contributed by atoms with Gasteiger partial charge in [-0.1, -0.05) is 30.4 Å². The minimum atomic E-state index is -3.50. The van der Waals surface area contributed by atoms with Crippen molar-refractivity contribution in [1.29, 1.82) is 0 Å². The van der Waals surface area contributed by atoms with E-state index in [0.29, 0.717) is 71.7 Å². The maximum Gasteiger partial charge on any atom is 0.343 e. The second kappa shape index (κ2) is 20.3. The molecular formula is C45H49ClN8O12S. The zero-order chi connectivity index (χ0) is 48.2. The largest absolute Gasteiger partial charge is 0.481 e. The number of aryl methyl sites for hydroxylation is 1. The molecule has 0 saturated carbocycles. The lowest BCUT2D eigenvalue weighted by Crippen LogP contribution is -2.49. The number of benzene rings is 1. The number of aliphatic hydroxyl groups is 1. The Morgan fingerprint density at radius 3 is 2.58 bits per heavy atom. The molecule has 7 rings (SSSR count). The molecule has 0 saturated heterocycles. The van der Waals surface area contributed by atoms with Crippen LogP contribution < -0.4 is 26.8 Å². The van der Waals surface area contributed by atoms with Crippen molar-refractivity contribution in [2.75, 3.05) is 32.7 Å². The number of hydrogen-bond donors (Lipinski definition) is 6. The van der Waals surface area contributed by atoms with Gasteiger partial charge in [-0.15, -0.1) is 0 Å². The van der Waals surface area contributed by atoms with E-state index in [0.717, 1.165) is 28.3 Å². The van der Waals surface area contributed by atoms with Gasteiger partial charge >= 0.3 is 11.9 Å². The monoisotopic (exact) mass is 960 g/mol. The molecule has 20 nitrogen and oxygen atoms in total. The molecule has 354 valence electrons. The number of cyclic esters (lactones) is 1. The van der Waals surface area contributed by atoms with Gasteiger partial charge in [-0.3, -0.25) is 24.0 Å². The molecule has 5 heterocycles. The molecule has 22 heteroatoms. The number of nitrogens with one attached hydrogen (secondary N) is 4. The normalized spacial score (nSPS) is 17.3. The van der Waals surface area contributed by atoms with Gasteiger partial charge in [-0.05, 0) is 80.8 Å². The first-order valence-electron chi connectivity index (χ1n) is 21.6. The van der Waals surface area contributed by atoms with E-state index >= 15 is 0 Å². The van der Waals surface area contributed by atoms with Crippen LogP contribution in [0.5, 0.6) is 0 Å². The van der Waals surface area contributed by atoms with Crippen LogP contribution in [0.1, 0.15) is 96.9 Å². The van der Waals surface area contributed by atoms with Crippen molar-refractivity contribution in [1.82, 2.24) is 40.8 Å². The van der Waals surface area contributed by atoms with E-state index < -0.39 is 82.5 Å². The van der Waals surface area contributed by atoms with Gasteiger partial charge in [0.25, 0.3) is 5.56 Å². The van der Waals surface area contributed by atoms with Gasteiger partial charge in [-0.2, -0.15) is 0 Å². The van der Waals surface area contributed by atoms with Crippen LogP contribution in [0, 0.1) is 18.8 Å². The molecule has 3 aliphatic rings. The SMILES string of the molecule is CC[C@@]1(O)C(=O)OCc2c1cc1n(c2=O)Cc2c-1nc1cc(Cl)c(C)c3c1c2[C@@H](NC(=O)COCNC(=O)[C@H](CCC(=O)O)NC(=O)CNCCCCC#Cc1cnc(S(C)(=O)=O)nc1)CC3. The number of aromatic nitrogens is 4. The first-order chi connectivity index (χ1) is 31.9. The maximum atomic E-state index is 14.0. The summed E-state index contributed by atoms with van der Waals surface area (Å²) in [5, 5.41) is 32.7. The van der Waals surface area contributed by atoms with Crippen LogP contribution in [0.3, 0.4) is 0 Å². The van der Waals surface area contributed by atoms with Crippen molar-refractivity contribution >= 4 is 62.0 Å². The molecule has 0 radical (unpaired) electrons. The Kier molecular flexibility index (Phi) is 14.7. The van der Waals surface area contributed by atoms with Gasteiger partial charge in [0.2, 0.25) is 32.7 Å². The van der Waals surface area contributed by atoms with Gasteiger partial charge < -0.3 is 45.5 Å². The average Bonchev–Trinajstić information content (AvgIpc) is 3.66. The smallest absolute Gasteiger partial charge is 0.343 e. The van der Waals surface area contributed by atoms with Gasteiger partial charge in [0.1, 0.15) is 26.0 Å². The number of fused-ring (bicyclic) bond motifs is 5. The Bertz CT molecular complexity index is 2920. The molecule has 4 aromatic rings. The van der Waals surface area contributed by atoms with Gasteiger partial charge in [0.05, 0.1) is 47.2 Å². The lowest BCUT2D eigenvalue weighted by atomic mass is 9.81. The van der Waals surface area contributed by atoms with E-state index in [2.05, 4.69) is 43.1 Å². The molecule has 6 N–H and O–H groups in total. The van der Waals surface area contributed by atoms with Gasteiger partial charge in [0.15, 0.2) is 5.60 Å². The average molecular weight is 961 g/mol. The van der Waals surface area contributed by atoms with E-state index in [1.54, 1.807) is 19.1 Å². The molecular weight excluding hydrogens is 912 g/mol. The number of ether oxygens (including phenoxy) is 2. The second-order valence-corrected chi connectivity index (χ2v) is 18.8. The molecule has 2 aliphatic heterocycles. The van der Waals surface area contributed by atoms with Gasteiger partial charge in [0, 0.05) is 53.0 Å². The number of carboxylic acid groups (broad SMARTS) is 1. The summed E-state index contributed by atoms with van der Waals surface area (Å²) in [5.41, 5.74) is 3.10. The number of nitrogens with zero attached hydrogens (tertiary/aromatic N) is 4. The van der Waals surface area contributed by atoms with Crippen molar-refractivity contribution in [3.8, 4) is 23.2 Å². The minimum Gasteiger partial charge on any atom is -0.481 e. The molecule has 0 unspecified atom stereocenters. The van der Waals surface area contributed by atoms with E-state index in [1.165, 1.54) is 17.0 Å². The molecule has 0 fully saturated rings. The summed E-state index contributed by atoms with van der Waals surface area (Å²) in [6, 6.07) is 1.61. The number of rotatable bonds is 18. The Morgan fingerprint density at radius 1 is 1.10 bits per heavy atom. The van der Waals surface area contributed by atoms with E-state index in [9.17, 15) is 47.4 Å². The fourth-order valence-corrected chi connectivity index (χ4v) is 9.21. The molecule has 1 aliphatic carbocycles. The van der Waals surface area contributed by atoms with Gasteiger partial charge in [-0.25, -0.2) is 28.2 Å². The van der Waals surface area contributed by atoms with Crippen molar-refractivity contribution in [3.63, 3.8) is 0 Å². The highest BCUT2D eigenvalue weighted by molar-refractivity contribution is 7.90. The van der Waals surface area contributed by atoms with Crippen LogP contribution in [0.2, 0.25) is 5.02 Å². The molecule has 3 aromatic heterocycles. The lowest BCUT2D eigenvalue weighted by Gasteiger charge is -2.31. The molecule has 1 aromatic carbocycles. The predicted molar refractivity (Wildman–Crippen MR) is 240 cm³/mol. The summed E-state index contributed by atoms with van der Waals surface area (Å²) in [6.45, 7) is 2.79. The third kappa shape index (κ3) is 10.5. The third-order valence-corrected chi connectivity index (χ3v) is 13.2. The fraction of sp³-hybridized carbons (Fsp3) is 0.444. The van der Waals surface area contributed by atoms with Crippen LogP contribution in [0.15, 0.2) is 34.5 Å². The summed E-state index contributed by atoms with van der Waals surface area (Å²) in [7, 11) is -3.50. The van der Waals surface area contributed by atoms with Crippen LogP contribution in [-0.4, -0.2) is 107 Å². The molecule has 0 spiro atoms. The van der Waals surface area contributed by atoms with E-state index in [1.807, 2.05) is 6.92 Å². The topological polar surface area (TPSA) is 287 Å². The summed E-state index contributed by atoms with van der Waals surface area (Å²) in [6.07, 6.45) is 5.99. The summed E-state index contributed by atoms with van der Waals surface area (Å²) < 4.78 is 35.3. The summed E-state index contributed by atoms with van der Waals surface area (Å²) >= 11 is 6.69. The fourth-order valence-electron chi connectivity index (χ4n) is 8.51. The number of carboxylic acids is 1. The van der Waals surface area contributed by atoms with Crippen molar-refractivity contribution in [2.24, 2.45) is 0 Å². The first kappa shape index (κ1) is 48.6. The second-order valence-electron chi connectivity index (χ2n) is 16.5.